The van der Waals surface area contributed by atoms with E-state index in [0.717, 1.165) is 41.0 Å². The second-order valence-corrected chi connectivity index (χ2v) is 6.16. The fraction of sp³-hybridized carbons (Fsp3) is 0.350. The van der Waals surface area contributed by atoms with Gasteiger partial charge in [0.25, 0.3) is 5.91 Å². The first-order chi connectivity index (χ1) is 11.6. The molecular weight excluding hydrogens is 302 g/mol. The van der Waals surface area contributed by atoms with Crippen molar-refractivity contribution >= 4 is 5.91 Å². The molecule has 0 atom stereocenters. The average molecular weight is 325 g/mol. The Morgan fingerprint density at radius 2 is 1.88 bits per heavy atom. The number of nitrogens with zero attached hydrogens (tertiary/aromatic N) is 1. The van der Waals surface area contributed by atoms with Gasteiger partial charge in [-0.05, 0) is 49.6 Å². The molecule has 1 aliphatic carbocycles. The smallest absolute Gasteiger partial charge is 0.254 e. The third-order valence-corrected chi connectivity index (χ3v) is 4.45. The molecule has 1 amide bonds. The van der Waals surface area contributed by atoms with Gasteiger partial charge in [-0.3, -0.25) is 4.79 Å². The topological polar surface area (TPSA) is 38.8 Å². The molecule has 0 radical (unpaired) electrons. The van der Waals surface area contributed by atoms with E-state index in [1.807, 2.05) is 54.3 Å². The van der Waals surface area contributed by atoms with Crippen molar-refractivity contribution in [3.05, 3.63) is 59.2 Å². The molecule has 2 aromatic carbocycles. The van der Waals surface area contributed by atoms with Crippen molar-refractivity contribution < 1.29 is 14.3 Å². The monoisotopic (exact) mass is 325 g/mol. The highest BCUT2D eigenvalue weighted by molar-refractivity contribution is 5.96. The zero-order valence-electron chi connectivity index (χ0n) is 14.4. The van der Waals surface area contributed by atoms with E-state index in [0.29, 0.717) is 12.6 Å². The van der Waals surface area contributed by atoms with Gasteiger partial charge in [0.1, 0.15) is 11.5 Å². The maximum atomic E-state index is 13.1. The highest BCUT2D eigenvalue weighted by atomic mass is 16.5. The maximum absolute atomic E-state index is 13.1. The summed E-state index contributed by atoms with van der Waals surface area (Å²) < 4.78 is 10.8. The highest BCUT2D eigenvalue weighted by Gasteiger charge is 2.34. The first-order valence-electron chi connectivity index (χ1n) is 8.21. The van der Waals surface area contributed by atoms with Crippen LogP contribution in [-0.2, 0) is 6.54 Å². The molecule has 0 heterocycles. The van der Waals surface area contributed by atoms with Crippen LogP contribution in [-0.4, -0.2) is 31.1 Å². The predicted molar refractivity (Wildman–Crippen MR) is 93.6 cm³/mol. The first-order valence-corrected chi connectivity index (χ1v) is 8.21. The van der Waals surface area contributed by atoms with Crippen LogP contribution in [0.15, 0.2) is 42.5 Å². The second kappa shape index (κ2) is 6.95. The Bertz CT molecular complexity index is 737. The lowest BCUT2D eigenvalue weighted by atomic mass is 10.1. The molecule has 0 spiro atoms. The quantitative estimate of drug-likeness (QED) is 0.810. The molecule has 2 aromatic rings. The van der Waals surface area contributed by atoms with Gasteiger partial charge in [-0.15, -0.1) is 0 Å². The molecule has 0 unspecified atom stereocenters. The van der Waals surface area contributed by atoms with E-state index in [9.17, 15) is 4.79 Å². The van der Waals surface area contributed by atoms with Crippen molar-refractivity contribution in [3.8, 4) is 11.5 Å². The predicted octanol–water partition coefficient (Wildman–Crippen LogP) is 3.82. The van der Waals surface area contributed by atoms with E-state index in [1.165, 1.54) is 0 Å². The minimum Gasteiger partial charge on any atom is -0.497 e. The van der Waals surface area contributed by atoms with Gasteiger partial charge in [0.15, 0.2) is 0 Å². The van der Waals surface area contributed by atoms with Gasteiger partial charge < -0.3 is 14.4 Å². The third-order valence-electron chi connectivity index (χ3n) is 4.45. The van der Waals surface area contributed by atoms with Crippen molar-refractivity contribution in [2.75, 3.05) is 14.2 Å². The number of carbonyl (C=O) groups is 1. The van der Waals surface area contributed by atoms with Gasteiger partial charge in [0.2, 0.25) is 0 Å². The number of methoxy groups -OCH3 is 2. The van der Waals surface area contributed by atoms with Gasteiger partial charge in [-0.2, -0.15) is 0 Å². The summed E-state index contributed by atoms with van der Waals surface area (Å²) in [4.78, 5) is 15.0. The molecule has 3 rings (SSSR count). The highest BCUT2D eigenvalue weighted by Crippen LogP contribution is 2.33. The van der Waals surface area contributed by atoms with Gasteiger partial charge in [0, 0.05) is 17.2 Å². The van der Waals surface area contributed by atoms with E-state index in [-0.39, 0.29) is 5.91 Å². The van der Waals surface area contributed by atoms with Gasteiger partial charge in [-0.25, -0.2) is 0 Å². The van der Waals surface area contributed by atoms with E-state index < -0.39 is 0 Å². The fourth-order valence-electron chi connectivity index (χ4n) is 2.91. The number of rotatable bonds is 6. The number of carbonyl (C=O) groups excluding carboxylic acids is 1. The van der Waals surface area contributed by atoms with Crippen LogP contribution >= 0.6 is 0 Å². The van der Waals surface area contributed by atoms with Crippen LogP contribution in [0, 0.1) is 6.92 Å². The number of amides is 1. The van der Waals surface area contributed by atoms with Crippen molar-refractivity contribution in [1.29, 1.82) is 0 Å². The molecule has 126 valence electrons. The lowest BCUT2D eigenvalue weighted by Gasteiger charge is -2.24. The molecule has 0 saturated heterocycles. The van der Waals surface area contributed by atoms with E-state index >= 15 is 0 Å². The number of hydrogen-bond donors (Lipinski definition) is 0. The standard InChI is InChI=1S/C20H23NO3/c1-14-6-4-5-7-18(14)20(22)21(16-8-9-16)13-15-12-17(23-2)10-11-19(15)24-3/h4-7,10-12,16H,8-9,13H2,1-3H3. The minimum absolute atomic E-state index is 0.0838. The van der Waals surface area contributed by atoms with Crippen molar-refractivity contribution in [2.45, 2.75) is 32.4 Å². The molecule has 0 aromatic heterocycles. The molecule has 1 aliphatic rings. The zero-order chi connectivity index (χ0) is 17.1. The van der Waals surface area contributed by atoms with Crippen molar-refractivity contribution in [3.63, 3.8) is 0 Å². The first kappa shape index (κ1) is 16.4. The molecule has 0 aliphatic heterocycles. The largest absolute Gasteiger partial charge is 0.497 e. The third kappa shape index (κ3) is 3.37. The van der Waals surface area contributed by atoms with Crippen LogP contribution in [0.1, 0.15) is 34.3 Å². The maximum Gasteiger partial charge on any atom is 0.254 e. The second-order valence-electron chi connectivity index (χ2n) is 6.16. The number of ether oxygens (including phenoxy) is 2. The average Bonchev–Trinajstić information content (AvgIpc) is 3.44. The fourth-order valence-corrected chi connectivity index (χ4v) is 2.91. The zero-order valence-corrected chi connectivity index (χ0v) is 14.4. The van der Waals surface area contributed by atoms with Gasteiger partial charge in [0.05, 0.1) is 20.8 Å². The Morgan fingerprint density at radius 3 is 2.50 bits per heavy atom. The summed E-state index contributed by atoms with van der Waals surface area (Å²) in [5.41, 5.74) is 2.74. The van der Waals surface area contributed by atoms with E-state index in [1.54, 1.807) is 14.2 Å². The Kier molecular flexibility index (Phi) is 4.74. The molecule has 0 bridgehead atoms. The molecule has 1 fully saturated rings. The van der Waals surface area contributed by atoms with Crippen LogP contribution in [0.4, 0.5) is 0 Å². The van der Waals surface area contributed by atoms with Crippen molar-refractivity contribution in [1.82, 2.24) is 4.90 Å². The van der Waals surface area contributed by atoms with Crippen LogP contribution in [0.2, 0.25) is 0 Å². The van der Waals surface area contributed by atoms with Crippen LogP contribution < -0.4 is 9.47 Å². The number of aryl methyl sites for hydroxylation is 1. The number of hydrogen-bond acceptors (Lipinski definition) is 3. The summed E-state index contributed by atoms with van der Waals surface area (Å²) in [5, 5.41) is 0. The summed E-state index contributed by atoms with van der Waals surface area (Å²) in [7, 11) is 3.29. The summed E-state index contributed by atoms with van der Waals surface area (Å²) >= 11 is 0. The van der Waals surface area contributed by atoms with E-state index in [2.05, 4.69) is 0 Å². The summed E-state index contributed by atoms with van der Waals surface area (Å²) in [6.07, 6.45) is 2.12. The molecule has 0 N–H and O–H groups in total. The normalized spacial score (nSPS) is 13.5. The molecule has 4 heteroatoms. The Hall–Kier alpha value is -2.49. The lowest BCUT2D eigenvalue weighted by molar-refractivity contribution is 0.0728. The Balaban J connectivity index is 1.90. The summed E-state index contributed by atoms with van der Waals surface area (Å²) in [5.74, 6) is 1.63. The summed E-state index contributed by atoms with van der Waals surface area (Å²) in [6.45, 7) is 2.50. The lowest BCUT2D eigenvalue weighted by Crippen LogP contribution is -2.33. The van der Waals surface area contributed by atoms with Crippen LogP contribution in [0.3, 0.4) is 0 Å². The van der Waals surface area contributed by atoms with Crippen LogP contribution in [0.25, 0.3) is 0 Å². The van der Waals surface area contributed by atoms with E-state index in [4.69, 9.17) is 9.47 Å². The molecular formula is C20H23NO3. The summed E-state index contributed by atoms with van der Waals surface area (Å²) in [6, 6.07) is 13.8. The number of benzene rings is 2. The Labute approximate surface area is 143 Å². The van der Waals surface area contributed by atoms with Crippen molar-refractivity contribution in [2.24, 2.45) is 0 Å². The van der Waals surface area contributed by atoms with Crippen LogP contribution in [0.5, 0.6) is 11.5 Å². The van der Waals surface area contributed by atoms with Gasteiger partial charge in [-0.1, -0.05) is 18.2 Å². The SMILES string of the molecule is COc1ccc(OC)c(CN(C(=O)c2ccccc2C)C2CC2)c1. The molecule has 24 heavy (non-hydrogen) atoms. The minimum atomic E-state index is 0.0838. The Morgan fingerprint density at radius 1 is 1.12 bits per heavy atom. The van der Waals surface area contributed by atoms with Gasteiger partial charge >= 0.3 is 0 Å². The molecule has 4 nitrogen and oxygen atoms in total. The molecule has 1 saturated carbocycles.